The monoisotopic (exact) mass is 408 g/mol. The number of ether oxygens (including phenoxy) is 1. The number of nitrogens with zero attached hydrogens (tertiary/aromatic N) is 4. The van der Waals surface area contributed by atoms with E-state index >= 15 is 0 Å². The Morgan fingerprint density at radius 3 is 2.67 bits per heavy atom. The zero-order valence-corrected chi connectivity index (χ0v) is 17.9. The van der Waals surface area contributed by atoms with Gasteiger partial charge in [-0.2, -0.15) is 5.10 Å². The second-order valence-electron chi connectivity index (χ2n) is 8.02. The Morgan fingerprint density at radius 1 is 1.07 bits per heavy atom. The predicted molar refractivity (Wildman–Crippen MR) is 118 cm³/mol. The Labute approximate surface area is 177 Å². The third-order valence-electron chi connectivity index (χ3n) is 5.78. The number of rotatable bonds is 5. The molecule has 0 radical (unpaired) electrons. The minimum atomic E-state index is -0.372. The topological polar surface area (TPSA) is 33.5 Å². The van der Waals surface area contributed by atoms with Gasteiger partial charge in [-0.25, -0.2) is 9.07 Å². The maximum absolute atomic E-state index is 14.4. The molecule has 0 atom stereocenters. The molecule has 5 nitrogen and oxygen atoms in total. The van der Waals surface area contributed by atoms with Crippen LogP contribution in [0.1, 0.15) is 17.5 Å². The third kappa shape index (κ3) is 4.40. The van der Waals surface area contributed by atoms with Crippen LogP contribution in [-0.4, -0.2) is 59.9 Å². The highest BCUT2D eigenvalue weighted by atomic mass is 19.1. The predicted octanol–water partition coefficient (Wildman–Crippen LogP) is 4.13. The molecule has 1 aliphatic rings. The van der Waals surface area contributed by atoms with Gasteiger partial charge in [0.2, 0.25) is 0 Å². The van der Waals surface area contributed by atoms with Crippen LogP contribution in [0.4, 0.5) is 4.39 Å². The molecule has 6 heteroatoms. The summed E-state index contributed by atoms with van der Waals surface area (Å²) in [4.78, 5) is 4.84. The van der Waals surface area contributed by atoms with Crippen molar-refractivity contribution in [2.75, 3.05) is 40.3 Å². The van der Waals surface area contributed by atoms with Gasteiger partial charge < -0.3 is 9.64 Å². The van der Waals surface area contributed by atoms with Gasteiger partial charge in [-0.1, -0.05) is 18.2 Å². The number of benzene rings is 2. The van der Waals surface area contributed by atoms with Crippen molar-refractivity contribution in [3.8, 4) is 22.7 Å². The second kappa shape index (κ2) is 8.98. The molecular formula is C24H29FN4O. The zero-order chi connectivity index (χ0) is 21.1. The van der Waals surface area contributed by atoms with Crippen LogP contribution in [0.2, 0.25) is 0 Å². The molecule has 1 aromatic heterocycles. The summed E-state index contributed by atoms with van der Waals surface area (Å²) in [7, 11) is 3.65. The lowest BCUT2D eigenvalue weighted by Crippen LogP contribution is -2.28. The fourth-order valence-electron chi connectivity index (χ4n) is 4.02. The van der Waals surface area contributed by atoms with Crippen LogP contribution in [0.15, 0.2) is 48.7 Å². The van der Waals surface area contributed by atoms with Crippen LogP contribution in [0.3, 0.4) is 0 Å². The zero-order valence-electron chi connectivity index (χ0n) is 17.9. The quantitative estimate of drug-likeness (QED) is 0.636. The van der Waals surface area contributed by atoms with Crippen molar-refractivity contribution in [3.05, 3.63) is 65.6 Å². The Morgan fingerprint density at radius 2 is 1.90 bits per heavy atom. The molecule has 1 aliphatic heterocycles. The van der Waals surface area contributed by atoms with Crippen molar-refractivity contribution < 1.29 is 9.13 Å². The van der Waals surface area contributed by atoms with Crippen LogP contribution >= 0.6 is 0 Å². The first-order chi connectivity index (χ1) is 14.5. The molecule has 0 N–H and O–H groups in total. The highest BCUT2D eigenvalue weighted by Gasteiger charge is 2.19. The standard InChI is InChI=1S/C24H29FN4O/c1-18-7-4-5-8-22(18)29-17-20(16-28-12-6-11-27(2)13-14-28)24(26-29)19-9-10-23(30-3)21(25)15-19/h4-5,7-10,15,17H,6,11-14,16H2,1-3H3. The molecule has 1 saturated heterocycles. The van der Waals surface area contributed by atoms with Crippen LogP contribution < -0.4 is 4.74 Å². The average Bonchev–Trinajstić information content (AvgIpc) is 3.04. The highest BCUT2D eigenvalue weighted by Crippen LogP contribution is 2.29. The van der Waals surface area contributed by atoms with Crippen molar-refractivity contribution in [2.45, 2.75) is 19.9 Å². The van der Waals surface area contributed by atoms with Crippen molar-refractivity contribution in [2.24, 2.45) is 0 Å². The van der Waals surface area contributed by atoms with E-state index in [4.69, 9.17) is 9.84 Å². The largest absolute Gasteiger partial charge is 0.494 e. The lowest BCUT2D eigenvalue weighted by atomic mass is 10.1. The SMILES string of the molecule is COc1ccc(-c2nn(-c3ccccc3C)cc2CN2CCCN(C)CC2)cc1F. The van der Waals surface area contributed by atoms with E-state index in [1.807, 2.05) is 22.9 Å². The Bertz CT molecular complexity index is 1020. The van der Waals surface area contributed by atoms with Gasteiger partial charge in [0.05, 0.1) is 18.5 Å². The number of para-hydroxylation sites is 1. The van der Waals surface area contributed by atoms with E-state index in [0.29, 0.717) is 0 Å². The van der Waals surface area contributed by atoms with E-state index in [1.54, 1.807) is 6.07 Å². The number of likely N-dealkylation sites (N-methyl/N-ethyl adjacent to an activating group) is 1. The van der Waals surface area contributed by atoms with Crippen molar-refractivity contribution >= 4 is 0 Å². The summed E-state index contributed by atoms with van der Waals surface area (Å²) in [6.07, 6.45) is 3.24. The molecule has 30 heavy (non-hydrogen) atoms. The Balaban J connectivity index is 1.73. The molecule has 1 fully saturated rings. The summed E-state index contributed by atoms with van der Waals surface area (Å²) in [6.45, 7) is 7.11. The van der Waals surface area contributed by atoms with Crippen molar-refractivity contribution in [1.82, 2.24) is 19.6 Å². The number of hydrogen-bond acceptors (Lipinski definition) is 4. The number of halogens is 1. The molecule has 0 amide bonds. The highest BCUT2D eigenvalue weighted by molar-refractivity contribution is 5.64. The molecule has 0 spiro atoms. The van der Waals surface area contributed by atoms with Crippen LogP contribution in [-0.2, 0) is 6.54 Å². The maximum atomic E-state index is 14.4. The van der Waals surface area contributed by atoms with E-state index in [-0.39, 0.29) is 11.6 Å². The summed E-state index contributed by atoms with van der Waals surface area (Å²) in [5, 5.41) is 4.88. The molecule has 3 aromatic rings. The molecule has 158 valence electrons. The van der Waals surface area contributed by atoms with E-state index < -0.39 is 0 Å². The van der Waals surface area contributed by atoms with Gasteiger partial charge in [0.15, 0.2) is 11.6 Å². The number of hydrogen-bond donors (Lipinski definition) is 0. The van der Waals surface area contributed by atoms with Crippen molar-refractivity contribution in [3.63, 3.8) is 0 Å². The smallest absolute Gasteiger partial charge is 0.165 e. The first-order valence-electron chi connectivity index (χ1n) is 10.4. The summed E-state index contributed by atoms with van der Waals surface area (Å²) in [5.41, 5.74) is 4.87. The van der Waals surface area contributed by atoms with E-state index in [1.165, 1.54) is 13.2 Å². The lowest BCUT2D eigenvalue weighted by Gasteiger charge is -2.20. The minimum Gasteiger partial charge on any atom is -0.494 e. The first kappa shape index (κ1) is 20.6. The van der Waals surface area contributed by atoms with Gasteiger partial charge in [-0.3, -0.25) is 4.90 Å². The first-order valence-corrected chi connectivity index (χ1v) is 10.4. The maximum Gasteiger partial charge on any atom is 0.165 e. The second-order valence-corrected chi connectivity index (χ2v) is 8.02. The normalized spacial score (nSPS) is 15.9. The van der Waals surface area contributed by atoms with Gasteiger partial charge in [-0.05, 0) is 63.3 Å². The molecule has 4 rings (SSSR count). The van der Waals surface area contributed by atoms with Gasteiger partial charge >= 0.3 is 0 Å². The van der Waals surface area contributed by atoms with Gasteiger partial charge in [0, 0.05) is 37.0 Å². The summed E-state index contributed by atoms with van der Waals surface area (Å²) in [6, 6.07) is 13.2. The van der Waals surface area contributed by atoms with Crippen LogP contribution in [0, 0.1) is 12.7 Å². The average molecular weight is 409 g/mol. The third-order valence-corrected chi connectivity index (χ3v) is 5.78. The number of aryl methyl sites for hydroxylation is 1. The van der Waals surface area contributed by atoms with E-state index in [9.17, 15) is 4.39 Å². The Hall–Kier alpha value is -2.70. The summed E-state index contributed by atoms with van der Waals surface area (Å²) >= 11 is 0. The summed E-state index contributed by atoms with van der Waals surface area (Å²) < 4.78 is 21.5. The van der Waals surface area contributed by atoms with E-state index in [2.05, 4.69) is 42.1 Å². The minimum absolute atomic E-state index is 0.245. The lowest BCUT2D eigenvalue weighted by molar-refractivity contribution is 0.269. The molecule has 2 aromatic carbocycles. The van der Waals surface area contributed by atoms with Crippen LogP contribution in [0.5, 0.6) is 5.75 Å². The summed E-state index contributed by atoms with van der Waals surface area (Å²) in [5.74, 6) is -0.128. The molecule has 0 bridgehead atoms. The fourth-order valence-corrected chi connectivity index (χ4v) is 4.02. The molecular weight excluding hydrogens is 379 g/mol. The van der Waals surface area contributed by atoms with E-state index in [0.717, 1.165) is 67.2 Å². The molecule has 0 saturated carbocycles. The van der Waals surface area contributed by atoms with Gasteiger partial charge in [0.1, 0.15) is 0 Å². The Kier molecular flexibility index (Phi) is 6.16. The van der Waals surface area contributed by atoms with Gasteiger partial charge in [-0.15, -0.1) is 0 Å². The molecule has 0 aliphatic carbocycles. The molecule has 2 heterocycles. The number of aromatic nitrogens is 2. The van der Waals surface area contributed by atoms with Crippen molar-refractivity contribution in [1.29, 1.82) is 0 Å². The van der Waals surface area contributed by atoms with Crippen LogP contribution in [0.25, 0.3) is 16.9 Å². The fraction of sp³-hybridized carbons (Fsp3) is 0.375. The van der Waals surface area contributed by atoms with Gasteiger partial charge in [0.25, 0.3) is 0 Å². The molecule has 0 unspecified atom stereocenters. The number of methoxy groups -OCH3 is 1.